The van der Waals surface area contributed by atoms with E-state index in [4.69, 9.17) is 13.9 Å². The second kappa shape index (κ2) is 10.2. The highest BCUT2D eigenvalue weighted by Gasteiger charge is 2.24. The molecule has 0 saturated carbocycles. The summed E-state index contributed by atoms with van der Waals surface area (Å²) in [5, 5.41) is 0. The summed E-state index contributed by atoms with van der Waals surface area (Å²) in [5.74, 6) is 1.56. The number of furan rings is 1. The van der Waals surface area contributed by atoms with Crippen molar-refractivity contribution in [1.29, 1.82) is 0 Å². The Bertz CT molecular complexity index is 1190. The third kappa shape index (κ3) is 5.46. The molecule has 0 saturated heterocycles. The molecule has 176 valence electrons. The van der Waals surface area contributed by atoms with Gasteiger partial charge in [-0.25, -0.2) is 4.39 Å². The van der Waals surface area contributed by atoms with Crippen LogP contribution in [0.25, 0.3) is 0 Å². The molecule has 2 heterocycles. The zero-order valence-electron chi connectivity index (χ0n) is 18.8. The number of hydrogen-bond donors (Lipinski definition) is 0. The van der Waals surface area contributed by atoms with Crippen LogP contribution < -0.4 is 9.47 Å². The number of halogens is 1. The summed E-state index contributed by atoms with van der Waals surface area (Å²) >= 11 is 0. The molecule has 34 heavy (non-hydrogen) atoms. The molecule has 0 N–H and O–H groups in total. The van der Waals surface area contributed by atoms with Crippen molar-refractivity contribution < 1.29 is 27.9 Å². The summed E-state index contributed by atoms with van der Waals surface area (Å²) in [4.78, 5) is 29.4. The van der Waals surface area contributed by atoms with Gasteiger partial charge in [-0.2, -0.15) is 0 Å². The van der Waals surface area contributed by atoms with E-state index in [1.165, 1.54) is 29.2 Å². The third-order valence-corrected chi connectivity index (χ3v) is 5.36. The van der Waals surface area contributed by atoms with Crippen LogP contribution >= 0.6 is 0 Å². The molecule has 8 heteroatoms. The van der Waals surface area contributed by atoms with Gasteiger partial charge in [0.2, 0.25) is 12.7 Å². The molecule has 0 spiro atoms. The van der Waals surface area contributed by atoms with Crippen molar-refractivity contribution in [2.45, 2.75) is 20.0 Å². The van der Waals surface area contributed by atoms with Gasteiger partial charge in [0.15, 0.2) is 11.5 Å². The molecule has 0 atom stereocenters. The average molecular weight is 464 g/mol. The first-order valence-electron chi connectivity index (χ1n) is 10.8. The highest BCUT2D eigenvalue weighted by molar-refractivity contribution is 5.96. The van der Waals surface area contributed by atoms with Gasteiger partial charge in [-0.3, -0.25) is 9.59 Å². The number of nitrogens with zero attached hydrogens (tertiary/aromatic N) is 2. The highest BCUT2D eigenvalue weighted by atomic mass is 19.1. The number of fused-ring (bicyclic) bond motifs is 1. The Morgan fingerprint density at radius 2 is 1.76 bits per heavy atom. The lowest BCUT2D eigenvalue weighted by molar-refractivity contribution is -0.133. The fraction of sp³-hybridized carbons (Fsp3) is 0.231. The molecule has 2 amide bonds. The zero-order valence-corrected chi connectivity index (χ0v) is 18.8. The summed E-state index contributed by atoms with van der Waals surface area (Å²) in [5.41, 5.74) is 1.14. The van der Waals surface area contributed by atoms with Crippen LogP contribution in [0.2, 0.25) is 0 Å². The molecule has 0 aliphatic carbocycles. The number of hydrogen-bond acceptors (Lipinski definition) is 5. The number of carbonyl (C=O) groups is 2. The maximum atomic E-state index is 13.4. The Hall–Kier alpha value is -4.07. The number of rotatable bonds is 9. The van der Waals surface area contributed by atoms with Gasteiger partial charge < -0.3 is 23.7 Å². The van der Waals surface area contributed by atoms with Gasteiger partial charge in [0, 0.05) is 18.7 Å². The summed E-state index contributed by atoms with van der Waals surface area (Å²) in [6.07, 6.45) is 1.55. The van der Waals surface area contributed by atoms with E-state index in [0.717, 1.165) is 11.3 Å². The first kappa shape index (κ1) is 23.1. The first-order chi connectivity index (χ1) is 16.4. The van der Waals surface area contributed by atoms with Crippen LogP contribution in [0.4, 0.5) is 4.39 Å². The standard InChI is InChI=1S/C26H25FN2O5/c1-3-12-28(26(31)20-6-8-21(27)9-7-20)16-25(30)29(15-22-10-4-18(2)34-22)14-19-5-11-23-24(13-19)33-17-32-23/h3-11,13H,1,12,14-17H2,2H3. The number of carbonyl (C=O) groups excluding carboxylic acids is 2. The lowest BCUT2D eigenvalue weighted by Gasteiger charge is -2.27. The van der Waals surface area contributed by atoms with Crippen molar-refractivity contribution in [1.82, 2.24) is 9.80 Å². The molecule has 1 aliphatic heterocycles. The minimum atomic E-state index is -0.438. The topological polar surface area (TPSA) is 72.2 Å². The number of ether oxygens (including phenoxy) is 2. The Morgan fingerprint density at radius 3 is 2.47 bits per heavy atom. The van der Waals surface area contributed by atoms with E-state index in [1.54, 1.807) is 17.0 Å². The maximum Gasteiger partial charge on any atom is 0.254 e. The van der Waals surface area contributed by atoms with Crippen LogP contribution in [0.1, 0.15) is 27.4 Å². The number of benzene rings is 2. The second-order valence-corrected chi connectivity index (χ2v) is 7.93. The SMILES string of the molecule is C=CCN(CC(=O)N(Cc1ccc2c(c1)OCO2)Cc1ccc(C)o1)C(=O)c1ccc(F)cc1. The minimum Gasteiger partial charge on any atom is -0.464 e. The molecule has 1 aromatic heterocycles. The lowest BCUT2D eigenvalue weighted by Crippen LogP contribution is -2.42. The predicted octanol–water partition coefficient (Wildman–Crippen LogP) is 4.31. The molecule has 0 unspecified atom stereocenters. The fourth-order valence-electron chi connectivity index (χ4n) is 3.66. The Kier molecular flexibility index (Phi) is 6.96. The Labute approximate surface area is 197 Å². The van der Waals surface area contributed by atoms with Gasteiger partial charge in [0.05, 0.1) is 6.54 Å². The quantitative estimate of drug-likeness (QED) is 0.441. The van der Waals surface area contributed by atoms with Gasteiger partial charge in [-0.1, -0.05) is 12.1 Å². The summed E-state index contributed by atoms with van der Waals surface area (Å²) in [6.45, 7) is 6.19. The van der Waals surface area contributed by atoms with Gasteiger partial charge >= 0.3 is 0 Å². The van der Waals surface area contributed by atoms with Crippen LogP contribution in [-0.2, 0) is 17.9 Å². The van der Waals surface area contributed by atoms with E-state index in [1.807, 2.05) is 31.2 Å². The van der Waals surface area contributed by atoms with Crippen molar-refractivity contribution in [2.24, 2.45) is 0 Å². The Morgan fingerprint density at radius 1 is 1.00 bits per heavy atom. The molecule has 7 nitrogen and oxygen atoms in total. The monoisotopic (exact) mass is 464 g/mol. The smallest absolute Gasteiger partial charge is 0.254 e. The second-order valence-electron chi connectivity index (χ2n) is 7.93. The summed E-state index contributed by atoms with van der Waals surface area (Å²) < 4.78 is 29.8. The van der Waals surface area contributed by atoms with Gasteiger partial charge in [-0.15, -0.1) is 6.58 Å². The van der Waals surface area contributed by atoms with Crippen LogP contribution in [0, 0.1) is 12.7 Å². The zero-order chi connectivity index (χ0) is 24.1. The normalized spacial score (nSPS) is 11.8. The summed E-state index contributed by atoms with van der Waals surface area (Å²) in [6, 6.07) is 14.4. The van der Waals surface area contributed by atoms with Crippen molar-refractivity contribution in [3.8, 4) is 11.5 Å². The largest absolute Gasteiger partial charge is 0.464 e. The summed E-state index contributed by atoms with van der Waals surface area (Å²) in [7, 11) is 0. The maximum absolute atomic E-state index is 13.4. The van der Waals surface area contributed by atoms with Gasteiger partial charge in [-0.05, 0) is 61.0 Å². The molecule has 0 radical (unpaired) electrons. The van der Waals surface area contributed by atoms with Gasteiger partial charge in [0.1, 0.15) is 23.9 Å². The van der Waals surface area contributed by atoms with E-state index in [9.17, 15) is 14.0 Å². The minimum absolute atomic E-state index is 0.162. The number of amides is 2. The van der Waals surface area contributed by atoms with Crippen LogP contribution in [0.5, 0.6) is 11.5 Å². The lowest BCUT2D eigenvalue weighted by atomic mass is 10.1. The molecular formula is C26H25FN2O5. The fourth-order valence-corrected chi connectivity index (χ4v) is 3.66. The highest BCUT2D eigenvalue weighted by Crippen LogP contribution is 2.33. The van der Waals surface area contributed by atoms with Crippen molar-refractivity contribution >= 4 is 11.8 Å². The van der Waals surface area contributed by atoms with Crippen molar-refractivity contribution in [3.05, 3.63) is 95.7 Å². The van der Waals surface area contributed by atoms with Crippen molar-refractivity contribution in [3.63, 3.8) is 0 Å². The number of aryl methyl sites for hydroxylation is 1. The van der Waals surface area contributed by atoms with Crippen LogP contribution in [0.3, 0.4) is 0 Å². The van der Waals surface area contributed by atoms with E-state index < -0.39 is 5.82 Å². The van der Waals surface area contributed by atoms with Crippen molar-refractivity contribution in [2.75, 3.05) is 19.9 Å². The molecule has 4 rings (SSSR count). The predicted molar refractivity (Wildman–Crippen MR) is 123 cm³/mol. The van der Waals surface area contributed by atoms with E-state index in [0.29, 0.717) is 22.8 Å². The van der Waals surface area contributed by atoms with Gasteiger partial charge in [0.25, 0.3) is 5.91 Å². The average Bonchev–Trinajstić information content (AvgIpc) is 3.46. The van der Waals surface area contributed by atoms with Crippen LogP contribution in [0.15, 0.2) is 71.7 Å². The first-order valence-corrected chi connectivity index (χ1v) is 10.8. The third-order valence-electron chi connectivity index (χ3n) is 5.36. The van der Waals surface area contributed by atoms with E-state index in [2.05, 4.69) is 6.58 Å². The molecule has 0 bridgehead atoms. The van der Waals surface area contributed by atoms with Crippen LogP contribution in [-0.4, -0.2) is 41.5 Å². The molecule has 3 aromatic rings. The molecule has 0 fully saturated rings. The molecule has 2 aromatic carbocycles. The molecule has 1 aliphatic rings. The van der Waals surface area contributed by atoms with E-state index in [-0.39, 0.29) is 44.8 Å². The Balaban J connectivity index is 1.54. The van der Waals surface area contributed by atoms with E-state index >= 15 is 0 Å². The molecular weight excluding hydrogens is 439 g/mol.